The van der Waals surface area contributed by atoms with Crippen LogP contribution in [0.3, 0.4) is 0 Å². The third-order valence-corrected chi connectivity index (χ3v) is 7.95. The lowest BCUT2D eigenvalue weighted by Crippen LogP contribution is -2.43. The summed E-state index contributed by atoms with van der Waals surface area (Å²) in [5, 5.41) is 3.60. The minimum Gasteiger partial charge on any atom is -0.481 e. The van der Waals surface area contributed by atoms with Crippen LogP contribution in [0.5, 0.6) is 5.88 Å². The lowest BCUT2D eigenvalue weighted by Gasteiger charge is -2.29. The van der Waals surface area contributed by atoms with Crippen molar-refractivity contribution in [1.29, 1.82) is 0 Å². The van der Waals surface area contributed by atoms with Gasteiger partial charge in [-0.3, -0.25) is 4.79 Å². The molecule has 40 heavy (non-hydrogen) atoms. The number of carbonyl (C=O) groups excluding carboxylic acids is 2. The number of halogens is 4. The van der Waals surface area contributed by atoms with Crippen molar-refractivity contribution in [2.24, 2.45) is 0 Å². The predicted octanol–water partition coefficient (Wildman–Crippen LogP) is 7.65. The van der Waals surface area contributed by atoms with Crippen LogP contribution in [-0.4, -0.2) is 47.2 Å². The van der Waals surface area contributed by atoms with Gasteiger partial charge in [0.05, 0.1) is 23.7 Å². The molecule has 1 aromatic heterocycles. The first-order chi connectivity index (χ1) is 18.9. The Hall–Kier alpha value is -2.88. The Labute approximate surface area is 251 Å². The molecular formula is C29H29BrCl2FN3O4. The first kappa shape index (κ1) is 30.1. The second-order valence-corrected chi connectivity index (χ2v) is 12.0. The minimum absolute atomic E-state index is 0.00885. The fraction of sp³-hybridized carbons (Fsp3) is 0.345. The number of ether oxygens (including phenoxy) is 2. The Balaban J connectivity index is 1.70. The first-order valence-electron chi connectivity index (χ1n) is 12.6. The van der Waals surface area contributed by atoms with E-state index in [-0.39, 0.29) is 41.6 Å². The molecule has 4 rings (SSSR count). The maximum Gasteiger partial charge on any atom is 0.410 e. The highest BCUT2D eigenvalue weighted by Crippen LogP contribution is 2.42. The number of carbonyl (C=O) groups is 2. The van der Waals surface area contributed by atoms with E-state index in [2.05, 4.69) is 26.2 Å². The second kappa shape index (κ2) is 12.3. The lowest BCUT2D eigenvalue weighted by atomic mass is 10.0. The number of rotatable bonds is 7. The summed E-state index contributed by atoms with van der Waals surface area (Å²) in [4.78, 5) is 30.7. The van der Waals surface area contributed by atoms with Crippen LogP contribution in [0.2, 0.25) is 10.0 Å². The van der Waals surface area contributed by atoms with Crippen LogP contribution in [0.1, 0.15) is 39.2 Å². The van der Waals surface area contributed by atoms with E-state index in [4.69, 9.17) is 32.7 Å². The summed E-state index contributed by atoms with van der Waals surface area (Å²) in [5.41, 5.74) is 1.23. The zero-order valence-electron chi connectivity index (χ0n) is 22.5. The SMILES string of the molecule is COc1nc(-c2cccc(-c3cccc(Br)c3Cl)c2Cl)c(F)cc1CN(C[C@@H]1CCC(=O)N1)C(=O)OC(C)(C)C. The molecule has 0 bridgehead atoms. The second-order valence-electron chi connectivity index (χ2n) is 10.4. The van der Waals surface area contributed by atoms with Crippen LogP contribution in [0, 0.1) is 5.82 Å². The highest BCUT2D eigenvalue weighted by molar-refractivity contribution is 9.10. The molecule has 1 saturated heterocycles. The standard InChI is InChI=1S/C29H29BrCl2FN3O4/c1-29(2,3)40-28(38)36(15-17-11-12-23(37)34-17)14-16-13-22(33)26(35-27(16)39-4)20-9-5-7-18(24(20)31)19-8-6-10-21(30)25(19)32/h5-10,13,17H,11-12,14-15H2,1-4H3,(H,34,37)/t17-/m0/s1. The fourth-order valence-electron chi connectivity index (χ4n) is 4.44. The van der Waals surface area contributed by atoms with Crippen molar-refractivity contribution in [3.8, 4) is 28.3 Å². The molecule has 0 saturated carbocycles. The number of pyridine rings is 1. The van der Waals surface area contributed by atoms with E-state index in [0.717, 1.165) is 0 Å². The Kier molecular flexibility index (Phi) is 9.27. The van der Waals surface area contributed by atoms with Gasteiger partial charge in [-0.25, -0.2) is 14.2 Å². The number of nitrogens with zero attached hydrogens (tertiary/aromatic N) is 2. The fourth-order valence-corrected chi connectivity index (χ4v) is 5.35. The smallest absolute Gasteiger partial charge is 0.410 e. The molecule has 212 valence electrons. The van der Waals surface area contributed by atoms with Gasteiger partial charge in [-0.15, -0.1) is 0 Å². The van der Waals surface area contributed by atoms with E-state index in [1.54, 1.807) is 39.0 Å². The summed E-state index contributed by atoms with van der Waals surface area (Å²) < 4.78 is 27.5. The van der Waals surface area contributed by atoms with Crippen LogP contribution in [0.15, 0.2) is 46.9 Å². The quantitative estimate of drug-likeness (QED) is 0.284. The van der Waals surface area contributed by atoms with Gasteiger partial charge in [0.1, 0.15) is 17.1 Å². The van der Waals surface area contributed by atoms with Gasteiger partial charge >= 0.3 is 6.09 Å². The molecule has 1 N–H and O–H groups in total. The molecule has 2 heterocycles. The van der Waals surface area contributed by atoms with E-state index >= 15 is 4.39 Å². The first-order valence-corrected chi connectivity index (χ1v) is 14.2. The predicted molar refractivity (Wildman–Crippen MR) is 157 cm³/mol. The summed E-state index contributed by atoms with van der Waals surface area (Å²) >= 11 is 16.7. The zero-order chi connectivity index (χ0) is 29.2. The molecule has 1 atom stereocenters. The number of hydrogen-bond donors (Lipinski definition) is 1. The van der Waals surface area contributed by atoms with Gasteiger partial charge in [-0.2, -0.15) is 0 Å². The largest absolute Gasteiger partial charge is 0.481 e. The summed E-state index contributed by atoms with van der Waals surface area (Å²) in [5.74, 6) is -0.595. The van der Waals surface area contributed by atoms with Gasteiger partial charge in [0.2, 0.25) is 11.8 Å². The average Bonchev–Trinajstić information content (AvgIpc) is 3.29. The molecule has 2 amide bonds. The molecular weight excluding hydrogens is 624 g/mol. The number of methoxy groups -OCH3 is 1. The van der Waals surface area contributed by atoms with Crippen molar-refractivity contribution in [3.05, 3.63) is 68.4 Å². The number of amides is 2. The van der Waals surface area contributed by atoms with Crippen molar-refractivity contribution >= 4 is 51.1 Å². The van der Waals surface area contributed by atoms with Gasteiger partial charge in [0, 0.05) is 45.7 Å². The van der Waals surface area contributed by atoms with Crippen molar-refractivity contribution in [2.75, 3.05) is 13.7 Å². The molecule has 0 radical (unpaired) electrons. The van der Waals surface area contributed by atoms with Crippen LogP contribution >= 0.6 is 39.1 Å². The molecule has 0 unspecified atom stereocenters. The normalized spacial score (nSPS) is 15.1. The van der Waals surface area contributed by atoms with Crippen molar-refractivity contribution in [3.63, 3.8) is 0 Å². The molecule has 7 nitrogen and oxygen atoms in total. The molecule has 2 aromatic carbocycles. The van der Waals surface area contributed by atoms with Crippen LogP contribution < -0.4 is 10.1 Å². The number of hydrogen-bond acceptors (Lipinski definition) is 5. The molecule has 3 aromatic rings. The summed E-state index contributed by atoms with van der Waals surface area (Å²) in [6, 6.07) is 11.7. The van der Waals surface area contributed by atoms with Gasteiger partial charge in [-0.1, -0.05) is 53.5 Å². The molecule has 1 fully saturated rings. The third-order valence-electron chi connectivity index (χ3n) is 6.24. The van der Waals surface area contributed by atoms with Crippen molar-refractivity contribution in [1.82, 2.24) is 15.2 Å². The van der Waals surface area contributed by atoms with E-state index in [1.165, 1.54) is 18.1 Å². The topological polar surface area (TPSA) is 80.8 Å². The molecule has 11 heteroatoms. The monoisotopic (exact) mass is 651 g/mol. The van der Waals surface area contributed by atoms with Crippen molar-refractivity contribution < 1.29 is 23.5 Å². The Morgan fingerprint density at radius 3 is 2.42 bits per heavy atom. The molecule has 0 spiro atoms. The van der Waals surface area contributed by atoms with Gasteiger partial charge in [-0.05, 0) is 55.3 Å². The molecule has 1 aliphatic heterocycles. The van der Waals surface area contributed by atoms with Gasteiger partial charge < -0.3 is 19.7 Å². The number of aromatic nitrogens is 1. The summed E-state index contributed by atoms with van der Waals surface area (Å²) in [6.07, 6.45) is 0.366. The Bertz CT molecular complexity index is 1450. The number of nitrogens with one attached hydrogen (secondary N) is 1. The maximum atomic E-state index is 15.7. The van der Waals surface area contributed by atoms with Crippen molar-refractivity contribution in [2.45, 2.75) is 51.8 Å². The zero-order valence-corrected chi connectivity index (χ0v) is 25.6. The van der Waals surface area contributed by atoms with Crippen LogP contribution in [-0.2, 0) is 16.1 Å². The van der Waals surface area contributed by atoms with E-state index in [0.29, 0.717) is 44.6 Å². The average molecular weight is 653 g/mol. The Morgan fingerprint density at radius 1 is 1.15 bits per heavy atom. The number of benzene rings is 2. The highest BCUT2D eigenvalue weighted by atomic mass is 79.9. The Morgan fingerprint density at radius 2 is 1.80 bits per heavy atom. The maximum absolute atomic E-state index is 15.7. The third kappa shape index (κ3) is 6.87. The summed E-state index contributed by atoms with van der Waals surface area (Å²) in [6.45, 7) is 5.42. The van der Waals surface area contributed by atoms with Crippen LogP contribution in [0.25, 0.3) is 22.4 Å². The minimum atomic E-state index is -0.745. The molecule has 1 aliphatic rings. The van der Waals surface area contributed by atoms with E-state index in [9.17, 15) is 9.59 Å². The highest BCUT2D eigenvalue weighted by Gasteiger charge is 2.30. The summed E-state index contributed by atoms with van der Waals surface area (Å²) in [7, 11) is 1.42. The van der Waals surface area contributed by atoms with Crippen LogP contribution in [0.4, 0.5) is 9.18 Å². The van der Waals surface area contributed by atoms with Gasteiger partial charge in [0.25, 0.3) is 0 Å². The van der Waals surface area contributed by atoms with Gasteiger partial charge in [0.15, 0.2) is 0 Å². The molecule has 0 aliphatic carbocycles. The van der Waals surface area contributed by atoms with E-state index in [1.807, 2.05) is 18.2 Å². The van der Waals surface area contributed by atoms with E-state index < -0.39 is 17.5 Å². The lowest BCUT2D eigenvalue weighted by molar-refractivity contribution is -0.119.